The summed E-state index contributed by atoms with van der Waals surface area (Å²) in [5.41, 5.74) is 4.58. The molecule has 0 spiro atoms. The van der Waals surface area contributed by atoms with Gasteiger partial charge in [-0.2, -0.15) is 0 Å². The van der Waals surface area contributed by atoms with Crippen LogP contribution in [-0.4, -0.2) is 24.1 Å². The number of nitrogens with one attached hydrogen (secondary N) is 1. The topological polar surface area (TPSA) is 43.3 Å². The standard InChI is InChI=1S/C29H32N2O2/c1-21(2)18-30-29(32)17-25(24-14-8-10-16-28(24)33-3)26-20-31(19-22-11-5-4-6-12-22)27-15-9-7-13-23(26)27/h4-16,20-21,25H,17-19H2,1-3H3,(H,30,32)/t25-/m1/s1. The first-order valence-corrected chi connectivity index (χ1v) is 11.6. The van der Waals surface area contributed by atoms with Crippen molar-refractivity contribution in [2.24, 2.45) is 5.92 Å². The first-order chi connectivity index (χ1) is 16.1. The number of fused-ring (bicyclic) bond motifs is 1. The number of carbonyl (C=O) groups is 1. The van der Waals surface area contributed by atoms with Crippen molar-refractivity contribution in [1.82, 2.24) is 9.88 Å². The van der Waals surface area contributed by atoms with Gasteiger partial charge in [0.25, 0.3) is 0 Å². The Balaban J connectivity index is 1.79. The summed E-state index contributed by atoms with van der Waals surface area (Å²) in [6, 6.07) is 26.9. The fourth-order valence-electron chi connectivity index (χ4n) is 4.38. The minimum atomic E-state index is -0.116. The van der Waals surface area contributed by atoms with E-state index in [9.17, 15) is 4.79 Å². The summed E-state index contributed by atoms with van der Waals surface area (Å²) in [6.07, 6.45) is 2.58. The summed E-state index contributed by atoms with van der Waals surface area (Å²) in [4.78, 5) is 13.0. The minimum absolute atomic E-state index is 0.0551. The van der Waals surface area contributed by atoms with Gasteiger partial charge in [0, 0.05) is 48.1 Å². The van der Waals surface area contributed by atoms with Crippen molar-refractivity contribution in [2.45, 2.75) is 32.7 Å². The van der Waals surface area contributed by atoms with Crippen molar-refractivity contribution in [3.05, 3.63) is 102 Å². The van der Waals surface area contributed by atoms with Crippen molar-refractivity contribution >= 4 is 16.8 Å². The number of aromatic nitrogens is 1. The lowest BCUT2D eigenvalue weighted by Gasteiger charge is -2.20. The zero-order valence-electron chi connectivity index (χ0n) is 19.6. The Labute approximate surface area is 196 Å². The smallest absolute Gasteiger partial charge is 0.220 e. The van der Waals surface area contributed by atoms with E-state index in [0.29, 0.717) is 18.9 Å². The second-order valence-corrected chi connectivity index (χ2v) is 8.91. The Morgan fingerprint density at radius 2 is 1.61 bits per heavy atom. The van der Waals surface area contributed by atoms with Gasteiger partial charge in [0.2, 0.25) is 5.91 Å². The molecule has 0 bridgehead atoms. The van der Waals surface area contributed by atoms with Gasteiger partial charge in [-0.3, -0.25) is 4.79 Å². The highest BCUT2D eigenvalue weighted by molar-refractivity contribution is 5.87. The molecule has 1 atom stereocenters. The summed E-state index contributed by atoms with van der Waals surface area (Å²) in [5, 5.41) is 4.27. The highest BCUT2D eigenvalue weighted by Crippen LogP contribution is 2.38. The van der Waals surface area contributed by atoms with E-state index in [2.05, 4.69) is 84.5 Å². The van der Waals surface area contributed by atoms with Crippen LogP contribution >= 0.6 is 0 Å². The summed E-state index contributed by atoms with van der Waals surface area (Å²) in [6.45, 7) is 5.66. The fourth-order valence-corrected chi connectivity index (χ4v) is 4.38. The number of nitrogens with zero attached hydrogens (tertiary/aromatic N) is 1. The summed E-state index contributed by atoms with van der Waals surface area (Å²) in [5.74, 6) is 1.15. The maximum atomic E-state index is 13.0. The van der Waals surface area contributed by atoms with E-state index in [1.165, 1.54) is 16.5 Å². The second-order valence-electron chi connectivity index (χ2n) is 8.91. The van der Waals surface area contributed by atoms with Gasteiger partial charge in [-0.25, -0.2) is 0 Å². The molecule has 0 aliphatic heterocycles. The maximum Gasteiger partial charge on any atom is 0.220 e. The van der Waals surface area contributed by atoms with Crippen LogP contribution in [0.4, 0.5) is 0 Å². The number of carbonyl (C=O) groups excluding carboxylic acids is 1. The molecule has 1 N–H and O–H groups in total. The Bertz CT molecular complexity index is 1210. The minimum Gasteiger partial charge on any atom is -0.496 e. The molecule has 0 radical (unpaired) electrons. The molecule has 1 heterocycles. The molecule has 4 heteroatoms. The van der Waals surface area contributed by atoms with Crippen molar-refractivity contribution in [3.63, 3.8) is 0 Å². The van der Waals surface area contributed by atoms with Crippen LogP contribution in [-0.2, 0) is 11.3 Å². The van der Waals surface area contributed by atoms with Gasteiger partial charge in [0.1, 0.15) is 5.75 Å². The number of rotatable bonds is 9. The van der Waals surface area contributed by atoms with Gasteiger partial charge in [-0.15, -0.1) is 0 Å². The third-order valence-electron chi connectivity index (χ3n) is 6.00. The molecule has 4 nitrogen and oxygen atoms in total. The third-order valence-corrected chi connectivity index (χ3v) is 6.00. The van der Waals surface area contributed by atoms with E-state index < -0.39 is 0 Å². The zero-order valence-corrected chi connectivity index (χ0v) is 19.6. The van der Waals surface area contributed by atoms with E-state index in [4.69, 9.17) is 4.74 Å². The molecule has 0 aliphatic rings. The molecular formula is C29H32N2O2. The van der Waals surface area contributed by atoms with Crippen molar-refractivity contribution in [1.29, 1.82) is 0 Å². The molecule has 1 amide bonds. The number of amides is 1. The van der Waals surface area contributed by atoms with Crippen molar-refractivity contribution in [3.8, 4) is 5.75 Å². The van der Waals surface area contributed by atoms with E-state index in [-0.39, 0.29) is 11.8 Å². The fraction of sp³-hybridized carbons (Fsp3) is 0.276. The van der Waals surface area contributed by atoms with Crippen LogP contribution in [0, 0.1) is 5.92 Å². The van der Waals surface area contributed by atoms with Crippen molar-refractivity contribution in [2.75, 3.05) is 13.7 Å². The van der Waals surface area contributed by atoms with Gasteiger partial charge in [-0.1, -0.05) is 80.6 Å². The number of benzene rings is 3. The predicted molar refractivity (Wildman–Crippen MR) is 135 cm³/mol. The number of para-hydroxylation sites is 2. The monoisotopic (exact) mass is 440 g/mol. The normalized spacial score (nSPS) is 12.1. The molecule has 170 valence electrons. The molecule has 0 fully saturated rings. The molecule has 3 aromatic carbocycles. The Morgan fingerprint density at radius 3 is 2.36 bits per heavy atom. The molecule has 4 aromatic rings. The van der Waals surface area contributed by atoms with Crippen LogP contribution in [0.5, 0.6) is 5.75 Å². The Morgan fingerprint density at radius 1 is 0.909 bits per heavy atom. The molecular weight excluding hydrogens is 408 g/mol. The summed E-state index contributed by atoms with van der Waals surface area (Å²) >= 11 is 0. The molecule has 33 heavy (non-hydrogen) atoms. The molecule has 4 rings (SSSR count). The van der Waals surface area contributed by atoms with Crippen LogP contribution in [0.2, 0.25) is 0 Å². The summed E-state index contributed by atoms with van der Waals surface area (Å²) < 4.78 is 7.99. The summed E-state index contributed by atoms with van der Waals surface area (Å²) in [7, 11) is 1.69. The lowest BCUT2D eigenvalue weighted by molar-refractivity contribution is -0.121. The van der Waals surface area contributed by atoms with E-state index >= 15 is 0 Å². The number of hydrogen-bond donors (Lipinski definition) is 1. The zero-order chi connectivity index (χ0) is 23.2. The van der Waals surface area contributed by atoms with Gasteiger partial charge in [0.15, 0.2) is 0 Å². The van der Waals surface area contributed by atoms with Crippen LogP contribution < -0.4 is 10.1 Å². The molecule has 0 saturated heterocycles. The predicted octanol–water partition coefficient (Wildman–Crippen LogP) is 5.99. The van der Waals surface area contributed by atoms with Crippen molar-refractivity contribution < 1.29 is 9.53 Å². The Hall–Kier alpha value is -3.53. The van der Waals surface area contributed by atoms with E-state index in [1.54, 1.807) is 7.11 Å². The van der Waals surface area contributed by atoms with E-state index in [1.807, 2.05) is 24.3 Å². The van der Waals surface area contributed by atoms with E-state index in [0.717, 1.165) is 23.4 Å². The van der Waals surface area contributed by atoms with Gasteiger partial charge < -0.3 is 14.6 Å². The molecule has 0 aliphatic carbocycles. The first kappa shape index (κ1) is 22.7. The van der Waals surface area contributed by atoms with Gasteiger partial charge in [0.05, 0.1) is 7.11 Å². The lowest BCUT2D eigenvalue weighted by atomic mass is 9.87. The van der Waals surface area contributed by atoms with Crippen LogP contribution in [0.25, 0.3) is 10.9 Å². The number of hydrogen-bond acceptors (Lipinski definition) is 2. The highest BCUT2D eigenvalue weighted by Gasteiger charge is 2.25. The average molecular weight is 441 g/mol. The third kappa shape index (κ3) is 5.28. The quantitative estimate of drug-likeness (QED) is 0.347. The number of ether oxygens (including phenoxy) is 1. The maximum absolute atomic E-state index is 13.0. The Kier molecular flexibility index (Phi) is 7.13. The van der Waals surface area contributed by atoms with Gasteiger partial charge in [-0.05, 0) is 29.2 Å². The SMILES string of the molecule is COc1ccccc1[C@@H](CC(=O)NCC(C)C)c1cn(Cc2ccccc2)c2ccccc12. The largest absolute Gasteiger partial charge is 0.496 e. The van der Waals surface area contributed by atoms with Crippen LogP contribution in [0.1, 0.15) is 42.9 Å². The lowest BCUT2D eigenvalue weighted by Crippen LogP contribution is -2.28. The first-order valence-electron chi connectivity index (χ1n) is 11.6. The number of methoxy groups -OCH3 is 1. The highest BCUT2D eigenvalue weighted by atomic mass is 16.5. The second kappa shape index (κ2) is 10.4. The average Bonchev–Trinajstić information content (AvgIpc) is 3.20. The molecule has 1 aromatic heterocycles. The van der Waals surface area contributed by atoms with Crippen LogP contribution in [0.3, 0.4) is 0 Å². The molecule has 0 unspecified atom stereocenters. The van der Waals surface area contributed by atoms with Gasteiger partial charge >= 0.3 is 0 Å². The molecule has 0 saturated carbocycles. The van der Waals surface area contributed by atoms with Crippen LogP contribution in [0.15, 0.2) is 85.1 Å².